The summed E-state index contributed by atoms with van der Waals surface area (Å²) in [6.07, 6.45) is 2.56. The Labute approximate surface area is 147 Å². The third-order valence-electron chi connectivity index (χ3n) is 3.47. The number of benzene rings is 2. The zero-order valence-electron chi connectivity index (χ0n) is 13.7. The molecule has 0 aliphatic rings. The van der Waals surface area contributed by atoms with E-state index < -0.39 is 21.8 Å². The molecule has 25 heavy (non-hydrogen) atoms. The van der Waals surface area contributed by atoms with Crippen LogP contribution in [0.4, 0.5) is 0 Å². The van der Waals surface area contributed by atoms with Gasteiger partial charge in [-0.05, 0) is 23.1 Å². The van der Waals surface area contributed by atoms with Gasteiger partial charge in [-0.1, -0.05) is 66.7 Å². The number of allylic oxidation sites excluding steroid dienone is 1. The van der Waals surface area contributed by atoms with Gasteiger partial charge in [-0.25, -0.2) is 0 Å². The number of esters is 1. The molecule has 6 heteroatoms. The van der Waals surface area contributed by atoms with E-state index in [2.05, 4.69) is 0 Å². The third-order valence-corrected chi connectivity index (χ3v) is 4.15. The van der Waals surface area contributed by atoms with E-state index in [0.717, 1.165) is 16.7 Å². The van der Waals surface area contributed by atoms with Crippen LogP contribution in [0.2, 0.25) is 0 Å². The van der Waals surface area contributed by atoms with Crippen LogP contribution in [0.25, 0.3) is 5.57 Å². The molecule has 0 bridgehead atoms. The van der Waals surface area contributed by atoms with Crippen molar-refractivity contribution < 1.29 is 22.5 Å². The summed E-state index contributed by atoms with van der Waals surface area (Å²) in [5, 5.41) is 0. The van der Waals surface area contributed by atoms with Gasteiger partial charge in [0, 0.05) is 6.42 Å². The molecule has 0 heterocycles. The number of carbonyl (C=O) groups excluding carboxylic acids is 1. The van der Waals surface area contributed by atoms with Crippen LogP contribution in [0.15, 0.2) is 66.7 Å². The molecular formula is C19H20O5S. The summed E-state index contributed by atoms with van der Waals surface area (Å²) < 4.78 is 34.6. The number of hydrogen-bond acceptors (Lipinski definition) is 4. The molecule has 0 fully saturated rings. The number of rotatable bonds is 8. The molecule has 0 aliphatic heterocycles. The maximum Gasteiger partial charge on any atom is 0.306 e. The van der Waals surface area contributed by atoms with Gasteiger partial charge in [-0.15, -0.1) is 0 Å². The molecule has 2 rings (SSSR count). The van der Waals surface area contributed by atoms with Gasteiger partial charge in [0.1, 0.15) is 12.4 Å². The fourth-order valence-corrected chi connectivity index (χ4v) is 2.60. The second kappa shape index (κ2) is 9.15. The molecule has 0 spiro atoms. The molecule has 0 saturated carbocycles. The van der Waals surface area contributed by atoms with Gasteiger partial charge in [0.05, 0.1) is 0 Å². The lowest BCUT2D eigenvalue weighted by molar-refractivity contribution is -0.142. The van der Waals surface area contributed by atoms with Crippen LogP contribution < -0.4 is 0 Å². The predicted molar refractivity (Wildman–Crippen MR) is 96.6 cm³/mol. The molecule has 0 aromatic heterocycles. The Kier molecular flexibility index (Phi) is 6.91. The van der Waals surface area contributed by atoms with E-state index >= 15 is 0 Å². The van der Waals surface area contributed by atoms with E-state index in [4.69, 9.17) is 9.29 Å². The summed E-state index contributed by atoms with van der Waals surface area (Å²) >= 11 is 0. The van der Waals surface area contributed by atoms with Crippen molar-refractivity contribution in [1.29, 1.82) is 0 Å². The second-order valence-electron chi connectivity index (χ2n) is 5.40. The van der Waals surface area contributed by atoms with Crippen LogP contribution >= 0.6 is 0 Å². The summed E-state index contributed by atoms with van der Waals surface area (Å²) in [6, 6.07) is 19.7. The lowest BCUT2D eigenvalue weighted by atomic mass is 9.96. The van der Waals surface area contributed by atoms with Crippen molar-refractivity contribution in [2.24, 2.45) is 0 Å². The van der Waals surface area contributed by atoms with Gasteiger partial charge in [-0.3, -0.25) is 9.35 Å². The molecule has 2 aromatic carbocycles. The lowest BCUT2D eigenvalue weighted by Gasteiger charge is -2.09. The van der Waals surface area contributed by atoms with Crippen LogP contribution in [-0.4, -0.2) is 31.3 Å². The summed E-state index contributed by atoms with van der Waals surface area (Å²) in [4.78, 5) is 11.7. The van der Waals surface area contributed by atoms with Crippen molar-refractivity contribution in [3.63, 3.8) is 0 Å². The van der Waals surface area contributed by atoms with E-state index in [1.807, 2.05) is 66.7 Å². The van der Waals surface area contributed by atoms with Gasteiger partial charge in [0.15, 0.2) is 0 Å². The average molecular weight is 360 g/mol. The average Bonchev–Trinajstić information content (AvgIpc) is 2.59. The topological polar surface area (TPSA) is 80.7 Å². The van der Waals surface area contributed by atoms with Gasteiger partial charge in [0.2, 0.25) is 0 Å². The highest BCUT2D eigenvalue weighted by atomic mass is 32.2. The Morgan fingerprint density at radius 2 is 1.48 bits per heavy atom. The Hall–Kier alpha value is -2.44. The van der Waals surface area contributed by atoms with Gasteiger partial charge >= 0.3 is 5.97 Å². The van der Waals surface area contributed by atoms with E-state index in [9.17, 15) is 13.2 Å². The van der Waals surface area contributed by atoms with Crippen molar-refractivity contribution in [2.75, 3.05) is 12.4 Å². The maximum atomic E-state index is 11.7. The molecule has 0 aliphatic carbocycles. The molecule has 5 nitrogen and oxygen atoms in total. The fraction of sp³-hybridized carbons (Fsp3) is 0.211. The van der Waals surface area contributed by atoms with Crippen molar-refractivity contribution in [2.45, 2.75) is 12.8 Å². The lowest BCUT2D eigenvalue weighted by Crippen LogP contribution is -2.14. The standard InChI is InChI=1S/C19H20O5S/c20-19(24-14-15-25(21,22)23)13-7-12-18(16-8-3-1-4-9-16)17-10-5-2-6-11-17/h1-6,8-12H,7,13-15H2,(H,21,22,23). The monoisotopic (exact) mass is 360 g/mol. The highest BCUT2D eigenvalue weighted by Crippen LogP contribution is 2.24. The molecular weight excluding hydrogens is 340 g/mol. The Morgan fingerprint density at radius 3 is 1.96 bits per heavy atom. The third kappa shape index (κ3) is 6.91. The Morgan fingerprint density at radius 1 is 0.960 bits per heavy atom. The second-order valence-corrected chi connectivity index (χ2v) is 6.97. The first-order chi connectivity index (χ1) is 12.0. The van der Waals surface area contributed by atoms with Crippen molar-refractivity contribution >= 4 is 21.7 Å². The SMILES string of the molecule is O=C(CCC=C(c1ccccc1)c1ccccc1)OCCS(=O)(=O)O. The van der Waals surface area contributed by atoms with E-state index in [0.29, 0.717) is 6.42 Å². The van der Waals surface area contributed by atoms with Crippen LogP contribution in [0.1, 0.15) is 24.0 Å². The maximum absolute atomic E-state index is 11.7. The molecule has 132 valence electrons. The summed E-state index contributed by atoms with van der Waals surface area (Å²) in [5.74, 6) is -1.09. The van der Waals surface area contributed by atoms with Crippen LogP contribution in [0.5, 0.6) is 0 Å². The van der Waals surface area contributed by atoms with Crippen molar-refractivity contribution in [1.82, 2.24) is 0 Å². The van der Waals surface area contributed by atoms with E-state index in [1.165, 1.54) is 0 Å². The summed E-state index contributed by atoms with van der Waals surface area (Å²) in [6.45, 7) is -0.342. The first-order valence-corrected chi connectivity index (χ1v) is 9.48. The molecule has 0 saturated heterocycles. The van der Waals surface area contributed by atoms with Gasteiger partial charge in [-0.2, -0.15) is 8.42 Å². The van der Waals surface area contributed by atoms with Gasteiger partial charge < -0.3 is 4.74 Å². The summed E-state index contributed by atoms with van der Waals surface area (Å²) in [7, 11) is -4.11. The first-order valence-electron chi connectivity index (χ1n) is 7.87. The van der Waals surface area contributed by atoms with Crippen LogP contribution in [0.3, 0.4) is 0 Å². The minimum atomic E-state index is -4.11. The molecule has 0 amide bonds. The zero-order chi connectivity index (χ0) is 18.1. The minimum Gasteiger partial charge on any atom is -0.464 e. The molecule has 1 N–H and O–H groups in total. The molecule has 0 atom stereocenters. The predicted octanol–water partition coefficient (Wildman–Crippen LogP) is 3.33. The summed E-state index contributed by atoms with van der Waals surface area (Å²) in [5.41, 5.74) is 3.12. The highest BCUT2D eigenvalue weighted by molar-refractivity contribution is 7.85. The minimum absolute atomic E-state index is 0.134. The van der Waals surface area contributed by atoms with Crippen molar-refractivity contribution in [3.8, 4) is 0 Å². The fourth-order valence-electron chi connectivity index (χ4n) is 2.31. The first kappa shape index (κ1) is 18.9. The van der Waals surface area contributed by atoms with Crippen LogP contribution in [-0.2, 0) is 19.6 Å². The normalized spacial score (nSPS) is 10.9. The van der Waals surface area contributed by atoms with Gasteiger partial charge in [0.25, 0.3) is 10.1 Å². The number of ether oxygens (including phenoxy) is 1. The Balaban J connectivity index is 2.00. The van der Waals surface area contributed by atoms with Crippen LogP contribution in [0, 0.1) is 0 Å². The molecule has 2 aromatic rings. The zero-order valence-corrected chi connectivity index (χ0v) is 14.5. The van der Waals surface area contributed by atoms with Crippen molar-refractivity contribution in [3.05, 3.63) is 77.9 Å². The van der Waals surface area contributed by atoms with E-state index in [1.54, 1.807) is 0 Å². The largest absolute Gasteiger partial charge is 0.464 e. The smallest absolute Gasteiger partial charge is 0.306 e. The number of hydrogen-bond donors (Lipinski definition) is 1. The molecule has 0 radical (unpaired) electrons. The quantitative estimate of drug-likeness (QED) is 0.577. The highest BCUT2D eigenvalue weighted by Gasteiger charge is 2.09. The Bertz CT molecular complexity index is 770. The van der Waals surface area contributed by atoms with E-state index in [-0.39, 0.29) is 13.0 Å². The molecule has 0 unspecified atom stereocenters. The number of carbonyl (C=O) groups is 1.